The van der Waals surface area contributed by atoms with Gasteiger partial charge in [-0.2, -0.15) is 9.97 Å². The molecule has 0 aliphatic heterocycles. The second-order valence-electron chi connectivity index (χ2n) is 15.6. The summed E-state index contributed by atoms with van der Waals surface area (Å²) in [6, 6.07) is 79.3. The Kier molecular flexibility index (Phi) is 8.42. The van der Waals surface area contributed by atoms with Crippen LogP contribution in [0.15, 0.2) is 224 Å². The zero-order valence-electron chi connectivity index (χ0n) is 33.6. The monoisotopic (exact) mass is 791 g/mol. The summed E-state index contributed by atoms with van der Waals surface area (Å²) in [6.07, 6.45) is 0. The second-order valence-corrected chi connectivity index (χ2v) is 15.6. The van der Waals surface area contributed by atoms with E-state index in [0.717, 1.165) is 66.3 Å². The number of benzene rings is 9. The molecule has 62 heavy (non-hydrogen) atoms. The van der Waals surface area contributed by atoms with E-state index < -0.39 is 0 Å². The fourth-order valence-electron chi connectivity index (χ4n) is 9.15. The Morgan fingerprint density at radius 3 is 1.34 bits per heavy atom. The first kappa shape index (κ1) is 35.5. The zero-order chi connectivity index (χ0) is 41.0. The fraction of sp³-hybridized carbons (Fsp3) is 0. The maximum atomic E-state index is 5.31. The van der Waals surface area contributed by atoms with Crippen LogP contribution in [0.3, 0.4) is 0 Å². The molecule has 9 aromatic carbocycles. The minimum Gasteiger partial charge on any atom is -0.309 e. The van der Waals surface area contributed by atoms with E-state index in [2.05, 4.69) is 209 Å². The minimum atomic E-state index is 0.560. The lowest BCUT2D eigenvalue weighted by Gasteiger charge is -2.18. The first-order valence-corrected chi connectivity index (χ1v) is 21.0. The molecule has 0 N–H and O–H groups in total. The van der Waals surface area contributed by atoms with Crippen LogP contribution in [0.1, 0.15) is 0 Å². The summed E-state index contributed by atoms with van der Waals surface area (Å²) in [5, 5.41) is 4.64. The van der Waals surface area contributed by atoms with Crippen LogP contribution in [-0.4, -0.2) is 24.1 Å². The first-order valence-electron chi connectivity index (χ1n) is 21.0. The van der Waals surface area contributed by atoms with Crippen LogP contribution in [-0.2, 0) is 0 Å². The molecule has 0 saturated carbocycles. The lowest BCUT2D eigenvalue weighted by Crippen LogP contribution is -2.06. The van der Waals surface area contributed by atoms with Crippen LogP contribution in [0.5, 0.6) is 0 Å². The Bertz CT molecular complexity index is 3590. The molecule has 0 saturated heterocycles. The lowest BCUT2D eigenvalue weighted by atomic mass is 9.93. The largest absolute Gasteiger partial charge is 0.309 e. The van der Waals surface area contributed by atoms with Crippen molar-refractivity contribution in [3.8, 4) is 67.8 Å². The first-order chi connectivity index (χ1) is 30.8. The molecule has 5 nitrogen and oxygen atoms in total. The van der Waals surface area contributed by atoms with E-state index in [-0.39, 0.29) is 0 Å². The van der Waals surface area contributed by atoms with Crippen LogP contribution in [0.4, 0.5) is 0 Å². The molecular weight excluding hydrogens is 755 g/mol. The highest BCUT2D eigenvalue weighted by Gasteiger charge is 2.23. The van der Waals surface area contributed by atoms with E-state index in [0.29, 0.717) is 17.6 Å². The van der Waals surface area contributed by atoms with Gasteiger partial charge in [0.15, 0.2) is 11.6 Å². The lowest BCUT2D eigenvalue weighted by molar-refractivity contribution is 0.953. The normalized spacial score (nSPS) is 11.5. The Labute approximate surface area is 358 Å². The summed E-state index contributed by atoms with van der Waals surface area (Å²) in [6.45, 7) is 0. The van der Waals surface area contributed by atoms with Gasteiger partial charge in [0.1, 0.15) is 0 Å². The summed E-state index contributed by atoms with van der Waals surface area (Å²) in [7, 11) is 0. The van der Waals surface area contributed by atoms with Crippen molar-refractivity contribution in [2.45, 2.75) is 0 Å². The highest BCUT2D eigenvalue weighted by Crippen LogP contribution is 2.43. The third-order valence-electron chi connectivity index (χ3n) is 12.0. The molecule has 5 heteroatoms. The van der Waals surface area contributed by atoms with Crippen molar-refractivity contribution < 1.29 is 0 Å². The van der Waals surface area contributed by atoms with Crippen molar-refractivity contribution in [3.05, 3.63) is 224 Å². The zero-order valence-corrected chi connectivity index (χ0v) is 33.6. The quantitative estimate of drug-likeness (QED) is 0.162. The number of para-hydroxylation sites is 2. The number of hydrogen-bond acceptors (Lipinski definition) is 3. The smallest absolute Gasteiger partial charge is 0.238 e. The van der Waals surface area contributed by atoms with Gasteiger partial charge in [-0.1, -0.05) is 194 Å². The van der Waals surface area contributed by atoms with Crippen molar-refractivity contribution in [1.82, 2.24) is 24.1 Å². The van der Waals surface area contributed by atoms with Gasteiger partial charge in [-0.25, -0.2) is 4.98 Å². The minimum absolute atomic E-state index is 0.560. The third kappa shape index (κ3) is 5.90. The van der Waals surface area contributed by atoms with E-state index in [1.165, 1.54) is 27.5 Å². The molecule has 0 aliphatic carbocycles. The highest BCUT2D eigenvalue weighted by atomic mass is 15.2. The number of rotatable bonds is 7. The predicted molar refractivity (Wildman–Crippen MR) is 256 cm³/mol. The second kappa shape index (κ2) is 14.7. The molecule has 12 rings (SSSR count). The number of nitrogens with zero attached hydrogens (tertiary/aromatic N) is 5. The average Bonchev–Trinajstić information content (AvgIpc) is 3.86. The van der Waals surface area contributed by atoms with Gasteiger partial charge in [0, 0.05) is 38.2 Å². The molecule has 0 unspecified atom stereocenters. The maximum Gasteiger partial charge on any atom is 0.238 e. The molecule has 0 bridgehead atoms. The molecule has 0 fully saturated rings. The summed E-state index contributed by atoms with van der Waals surface area (Å²) in [5.41, 5.74) is 14.2. The Balaban J connectivity index is 1.14. The molecule has 0 amide bonds. The molecule has 0 spiro atoms. The summed E-state index contributed by atoms with van der Waals surface area (Å²) in [4.78, 5) is 15.7. The van der Waals surface area contributed by atoms with Gasteiger partial charge in [0.05, 0.1) is 27.8 Å². The van der Waals surface area contributed by atoms with E-state index in [1.54, 1.807) is 0 Å². The van der Waals surface area contributed by atoms with Gasteiger partial charge in [0.25, 0.3) is 0 Å². The van der Waals surface area contributed by atoms with Gasteiger partial charge in [0.2, 0.25) is 5.95 Å². The fourth-order valence-corrected chi connectivity index (χ4v) is 9.15. The predicted octanol–water partition coefficient (Wildman–Crippen LogP) is 14.4. The van der Waals surface area contributed by atoms with Crippen molar-refractivity contribution in [1.29, 1.82) is 0 Å². The van der Waals surface area contributed by atoms with E-state index in [4.69, 9.17) is 15.0 Å². The molecule has 12 aromatic rings. The number of hydrogen-bond donors (Lipinski definition) is 0. The van der Waals surface area contributed by atoms with Crippen molar-refractivity contribution in [2.24, 2.45) is 0 Å². The summed E-state index contributed by atoms with van der Waals surface area (Å²) >= 11 is 0. The third-order valence-corrected chi connectivity index (χ3v) is 12.0. The van der Waals surface area contributed by atoms with Gasteiger partial charge < -0.3 is 4.57 Å². The summed E-state index contributed by atoms with van der Waals surface area (Å²) < 4.78 is 4.67. The van der Waals surface area contributed by atoms with E-state index in [1.807, 2.05) is 24.3 Å². The molecule has 0 atom stereocenters. The molecule has 3 heterocycles. The Morgan fingerprint density at radius 2 is 0.726 bits per heavy atom. The van der Waals surface area contributed by atoms with Crippen LogP contribution >= 0.6 is 0 Å². The maximum absolute atomic E-state index is 5.31. The van der Waals surface area contributed by atoms with Crippen LogP contribution in [0.2, 0.25) is 0 Å². The molecule has 3 aromatic heterocycles. The molecular formula is C57H37N5. The number of aromatic nitrogens is 5. The van der Waals surface area contributed by atoms with Crippen LogP contribution < -0.4 is 0 Å². The van der Waals surface area contributed by atoms with Crippen molar-refractivity contribution in [3.63, 3.8) is 0 Å². The summed E-state index contributed by atoms with van der Waals surface area (Å²) in [5.74, 6) is 1.79. The van der Waals surface area contributed by atoms with Crippen molar-refractivity contribution >= 4 is 43.6 Å². The van der Waals surface area contributed by atoms with Gasteiger partial charge in [-0.3, -0.25) is 4.57 Å². The topological polar surface area (TPSA) is 48.5 Å². The standard InChI is InChI=1S/C57H37N5/c1-5-18-38(19-6-1)39-32-34-43(35-33-39)56-58-55(42-24-11-4-12-25-42)59-57(60-56)62-50-30-16-14-27-46(50)48-36-47-45-26-13-15-29-49(45)61(52(47)37-53(48)62)51-31-17-28-44(40-20-7-2-8-21-40)54(51)41-22-9-3-10-23-41/h1-37H. The molecule has 0 radical (unpaired) electrons. The van der Waals surface area contributed by atoms with Gasteiger partial charge >= 0.3 is 0 Å². The molecule has 290 valence electrons. The van der Waals surface area contributed by atoms with Crippen LogP contribution in [0.25, 0.3) is 111 Å². The SMILES string of the molecule is c1ccc(-c2ccc(-c3nc(-c4ccccc4)nc(-n4c5ccccc5c5cc6c7ccccc7n(-c7cccc(-c8ccccc8)c7-c7ccccc7)c6cc54)n3)cc2)cc1. The number of fused-ring (bicyclic) bond motifs is 6. The Hall–Kier alpha value is -8.41. The average molecular weight is 792 g/mol. The van der Waals surface area contributed by atoms with E-state index in [9.17, 15) is 0 Å². The van der Waals surface area contributed by atoms with Crippen molar-refractivity contribution in [2.75, 3.05) is 0 Å². The Morgan fingerprint density at radius 1 is 0.274 bits per heavy atom. The van der Waals surface area contributed by atoms with Crippen LogP contribution in [0, 0.1) is 0 Å². The molecule has 0 aliphatic rings. The van der Waals surface area contributed by atoms with Gasteiger partial charge in [-0.15, -0.1) is 0 Å². The van der Waals surface area contributed by atoms with Gasteiger partial charge in [-0.05, 0) is 58.1 Å². The van der Waals surface area contributed by atoms with E-state index >= 15 is 0 Å². The highest BCUT2D eigenvalue weighted by molar-refractivity contribution is 6.19.